The molecule has 0 atom stereocenters. The zero-order valence-electron chi connectivity index (χ0n) is 10.8. The van der Waals surface area contributed by atoms with Crippen molar-refractivity contribution >= 4 is 6.09 Å². The first-order valence-corrected chi connectivity index (χ1v) is 6.01. The molecule has 0 saturated heterocycles. The van der Waals surface area contributed by atoms with Crippen LogP contribution in [0, 0.1) is 0 Å². The van der Waals surface area contributed by atoms with Gasteiger partial charge in [0.25, 0.3) is 0 Å². The molecular formula is C12H24N2O2. The minimum absolute atomic E-state index is 0.229. The number of carbonyl (C=O) groups is 1. The second-order valence-electron chi connectivity index (χ2n) is 5.66. The normalized spacial score (nSPS) is 26.3. The third-order valence-corrected chi connectivity index (χ3v) is 2.97. The molecule has 1 saturated carbocycles. The maximum Gasteiger partial charge on any atom is 0.410 e. The molecule has 4 nitrogen and oxygen atoms in total. The van der Waals surface area contributed by atoms with Gasteiger partial charge in [-0.2, -0.15) is 0 Å². The Morgan fingerprint density at radius 3 is 2.19 bits per heavy atom. The molecule has 0 aromatic heterocycles. The van der Waals surface area contributed by atoms with Gasteiger partial charge < -0.3 is 15.4 Å². The lowest BCUT2D eigenvalue weighted by Crippen LogP contribution is -2.44. The van der Waals surface area contributed by atoms with Gasteiger partial charge in [0, 0.05) is 19.1 Å². The summed E-state index contributed by atoms with van der Waals surface area (Å²) in [7, 11) is 1.82. The highest BCUT2D eigenvalue weighted by Crippen LogP contribution is 2.22. The molecule has 0 unspecified atom stereocenters. The van der Waals surface area contributed by atoms with E-state index in [1.54, 1.807) is 4.90 Å². The molecule has 1 aliphatic rings. The van der Waals surface area contributed by atoms with E-state index < -0.39 is 5.60 Å². The van der Waals surface area contributed by atoms with E-state index in [1.807, 2.05) is 27.8 Å². The Hall–Kier alpha value is -0.770. The Balaban J connectivity index is 2.45. The molecule has 0 radical (unpaired) electrons. The van der Waals surface area contributed by atoms with Crippen molar-refractivity contribution in [3.63, 3.8) is 0 Å². The highest BCUT2D eigenvalue weighted by atomic mass is 16.6. The van der Waals surface area contributed by atoms with Crippen LogP contribution < -0.4 is 5.73 Å². The summed E-state index contributed by atoms with van der Waals surface area (Å²) in [4.78, 5) is 13.5. The lowest BCUT2D eigenvalue weighted by atomic mass is 9.91. The van der Waals surface area contributed by atoms with E-state index in [0.29, 0.717) is 6.04 Å². The van der Waals surface area contributed by atoms with Gasteiger partial charge in [-0.1, -0.05) is 0 Å². The molecule has 1 aliphatic carbocycles. The average Bonchev–Trinajstić information content (AvgIpc) is 2.15. The summed E-state index contributed by atoms with van der Waals surface area (Å²) < 4.78 is 5.34. The van der Waals surface area contributed by atoms with E-state index in [4.69, 9.17) is 10.5 Å². The second kappa shape index (κ2) is 5.04. The minimum Gasteiger partial charge on any atom is -0.444 e. The largest absolute Gasteiger partial charge is 0.444 e. The fourth-order valence-corrected chi connectivity index (χ4v) is 1.97. The van der Waals surface area contributed by atoms with E-state index in [0.717, 1.165) is 25.7 Å². The fraction of sp³-hybridized carbons (Fsp3) is 0.917. The van der Waals surface area contributed by atoms with Gasteiger partial charge in [0.2, 0.25) is 0 Å². The van der Waals surface area contributed by atoms with E-state index in [1.165, 1.54) is 0 Å². The van der Waals surface area contributed by atoms with Gasteiger partial charge in [-0.15, -0.1) is 0 Å². The molecular weight excluding hydrogens is 204 g/mol. The summed E-state index contributed by atoms with van der Waals surface area (Å²) in [5.74, 6) is 0. The van der Waals surface area contributed by atoms with Gasteiger partial charge in [0.1, 0.15) is 5.60 Å². The van der Waals surface area contributed by atoms with Crippen molar-refractivity contribution < 1.29 is 9.53 Å². The first-order valence-electron chi connectivity index (χ1n) is 6.01. The molecule has 1 fully saturated rings. The number of amides is 1. The lowest BCUT2D eigenvalue weighted by molar-refractivity contribution is 0.0183. The van der Waals surface area contributed by atoms with Crippen LogP contribution in [-0.4, -0.2) is 35.7 Å². The van der Waals surface area contributed by atoms with Crippen LogP contribution in [0.15, 0.2) is 0 Å². The molecule has 2 N–H and O–H groups in total. The topological polar surface area (TPSA) is 55.6 Å². The summed E-state index contributed by atoms with van der Waals surface area (Å²) in [6.07, 6.45) is 3.73. The predicted octanol–water partition coefficient (Wildman–Crippen LogP) is 2.12. The van der Waals surface area contributed by atoms with Crippen LogP contribution in [0.1, 0.15) is 46.5 Å². The van der Waals surface area contributed by atoms with E-state index in [-0.39, 0.29) is 12.1 Å². The number of nitrogens with two attached hydrogens (primary N) is 1. The molecule has 0 aromatic rings. The first kappa shape index (κ1) is 13.3. The molecule has 94 valence electrons. The zero-order chi connectivity index (χ0) is 12.3. The van der Waals surface area contributed by atoms with Gasteiger partial charge in [-0.25, -0.2) is 4.79 Å². The monoisotopic (exact) mass is 228 g/mol. The summed E-state index contributed by atoms with van der Waals surface area (Å²) >= 11 is 0. The van der Waals surface area contributed by atoms with Crippen LogP contribution in [0.5, 0.6) is 0 Å². The fourth-order valence-electron chi connectivity index (χ4n) is 1.97. The Morgan fingerprint density at radius 2 is 1.75 bits per heavy atom. The summed E-state index contributed by atoms with van der Waals surface area (Å²) in [6, 6.07) is 0.595. The Kier molecular flexibility index (Phi) is 4.19. The molecule has 16 heavy (non-hydrogen) atoms. The van der Waals surface area contributed by atoms with Crippen molar-refractivity contribution in [2.45, 2.75) is 64.1 Å². The number of rotatable bonds is 1. The van der Waals surface area contributed by atoms with Crippen LogP contribution in [-0.2, 0) is 4.74 Å². The van der Waals surface area contributed by atoms with E-state index in [9.17, 15) is 4.79 Å². The molecule has 0 bridgehead atoms. The summed E-state index contributed by atoms with van der Waals surface area (Å²) in [5.41, 5.74) is 5.42. The molecule has 0 aromatic carbocycles. The quantitative estimate of drug-likeness (QED) is 0.748. The zero-order valence-corrected chi connectivity index (χ0v) is 10.8. The van der Waals surface area contributed by atoms with Gasteiger partial charge in [-0.05, 0) is 46.5 Å². The van der Waals surface area contributed by atoms with Gasteiger partial charge >= 0.3 is 6.09 Å². The van der Waals surface area contributed by atoms with Crippen LogP contribution in [0.2, 0.25) is 0 Å². The number of nitrogens with zero attached hydrogens (tertiary/aromatic N) is 1. The predicted molar refractivity (Wildman–Crippen MR) is 64.2 cm³/mol. The van der Waals surface area contributed by atoms with Crippen molar-refractivity contribution in [2.24, 2.45) is 5.73 Å². The number of hydrogen-bond acceptors (Lipinski definition) is 3. The summed E-state index contributed by atoms with van der Waals surface area (Å²) in [6.45, 7) is 5.65. The third kappa shape index (κ3) is 4.00. The van der Waals surface area contributed by atoms with Gasteiger partial charge in [0.15, 0.2) is 0 Å². The van der Waals surface area contributed by atoms with Crippen molar-refractivity contribution in [3.8, 4) is 0 Å². The summed E-state index contributed by atoms with van der Waals surface area (Å²) in [5, 5.41) is 0. The van der Waals surface area contributed by atoms with E-state index >= 15 is 0 Å². The molecule has 1 amide bonds. The van der Waals surface area contributed by atoms with Gasteiger partial charge in [-0.3, -0.25) is 0 Å². The highest BCUT2D eigenvalue weighted by Gasteiger charge is 2.28. The molecule has 1 rings (SSSR count). The number of carbonyl (C=O) groups excluding carboxylic acids is 1. The second-order valence-corrected chi connectivity index (χ2v) is 5.66. The average molecular weight is 228 g/mol. The first-order chi connectivity index (χ1) is 7.29. The van der Waals surface area contributed by atoms with Crippen LogP contribution in [0.3, 0.4) is 0 Å². The van der Waals surface area contributed by atoms with E-state index in [2.05, 4.69) is 0 Å². The van der Waals surface area contributed by atoms with Crippen molar-refractivity contribution in [2.75, 3.05) is 7.05 Å². The standard InChI is InChI=1S/C12H24N2O2/c1-12(2,3)16-11(15)14(4)10-7-5-9(13)6-8-10/h9-10H,5-8,13H2,1-4H3/t9-,10+. The Morgan fingerprint density at radius 1 is 1.25 bits per heavy atom. The van der Waals surface area contributed by atoms with Crippen molar-refractivity contribution in [3.05, 3.63) is 0 Å². The van der Waals surface area contributed by atoms with Crippen LogP contribution in [0.4, 0.5) is 4.79 Å². The Bertz CT molecular complexity index is 240. The number of hydrogen-bond donors (Lipinski definition) is 1. The third-order valence-electron chi connectivity index (χ3n) is 2.97. The van der Waals surface area contributed by atoms with Crippen LogP contribution >= 0.6 is 0 Å². The van der Waals surface area contributed by atoms with Crippen LogP contribution in [0.25, 0.3) is 0 Å². The minimum atomic E-state index is -0.420. The van der Waals surface area contributed by atoms with Crippen molar-refractivity contribution in [1.29, 1.82) is 0 Å². The lowest BCUT2D eigenvalue weighted by Gasteiger charge is -2.34. The molecule has 0 heterocycles. The maximum absolute atomic E-state index is 11.8. The van der Waals surface area contributed by atoms with Gasteiger partial charge in [0.05, 0.1) is 0 Å². The molecule has 0 spiro atoms. The highest BCUT2D eigenvalue weighted by molar-refractivity contribution is 5.68. The van der Waals surface area contributed by atoms with Crippen molar-refractivity contribution in [1.82, 2.24) is 4.90 Å². The molecule has 4 heteroatoms. The smallest absolute Gasteiger partial charge is 0.410 e. The maximum atomic E-state index is 11.8. The Labute approximate surface area is 98.1 Å². The molecule has 0 aliphatic heterocycles. The number of ether oxygens (including phenoxy) is 1. The SMILES string of the molecule is CN(C(=O)OC(C)(C)C)[C@H]1CC[C@@H](N)CC1.